The van der Waals surface area contributed by atoms with E-state index in [0.29, 0.717) is 5.52 Å². The number of carbonyl (C=O) groups is 1. The summed E-state index contributed by atoms with van der Waals surface area (Å²) >= 11 is 0. The van der Waals surface area contributed by atoms with E-state index in [2.05, 4.69) is 4.98 Å². The average Bonchev–Trinajstić information content (AvgIpc) is 2.47. The van der Waals surface area contributed by atoms with Gasteiger partial charge in [-0.2, -0.15) is 0 Å². The minimum atomic E-state index is -0.559. The number of ether oxygens (including phenoxy) is 3. The highest BCUT2D eigenvalue weighted by Crippen LogP contribution is 2.26. The molecule has 0 bridgehead atoms. The summed E-state index contributed by atoms with van der Waals surface area (Å²) in [6.07, 6.45) is -0.559. The van der Waals surface area contributed by atoms with Gasteiger partial charge in [0, 0.05) is 25.2 Å². The Bertz CT molecular complexity index is 593. The van der Waals surface area contributed by atoms with Crippen molar-refractivity contribution in [3.63, 3.8) is 0 Å². The van der Waals surface area contributed by atoms with Crippen molar-refractivity contribution in [3.05, 3.63) is 41.6 Å². The van der Waals surface area contributed by atoms with E-state index >= 15 is 0 Å². The Kier molecular flexibility index (Phi) is 4.09. The molecule has 0 unspecified atom stereocenters. The first-order valence-corrected chi connectivity index (χ1v) is 5.74. The normalized spacial score (nSPS) is 10.9. The van der Waals surface area contributed by atoms with Crippen molar-refractivity contribution in [2.75, 3.05) is 21.3 Å². The molecule has 0 fully saturated rings. The Balaban J connectivity index is 2.67. The molecule has 0 aliphatic rings. The van der Waals surface area contributed by atoms with E-state index in [0.717, 1.165) is 10.9 Å². The summed E-state index contributed by atoms with van der Waals surface area (Å²) in [5, 5.41) is 0.879. The van der Waals surface area contributed by atoms with Crippen LogP contribution < -0.4 is 0 Å². The Labute approximate surface area is 111 Å². The predicted molar refractivity (Wildman–Crippen MR) is 69.8 cm³/mol. The minimum absolute atomic E-state index is 0.232. The summed E-state index contributed by atoms with van der Waals surface area (Å²) in [6, 6.07) is 9.12. The van der Waals surface area contributed by atoms with Gasteiger partial charge in [-0.3, -0.25) is 0 Å². The highest BCUT2D eigenvalue weighted by Gasteiger charge is 2.18. The number of methoxy groups -OCH3 is 3. The molecular weight excluding hydrogens is 246 g/mol. The molecule has 0 saturated heterocycles. The van der Waals surface area contributed by atoms with E-state index in [4.69, 9.17) is 14.2 Å². The molecule has 0 radical (unpaired) electrons. The third-order valence-electron chi connectivity index (χ3n) is 2.82. The second-order valence-electron chi connectivity index (χ2n) is 3.91. The van der Waals surface area contributed by atoms with E-state index in [-0.39, 0.29) is 5.69 Å². The number of hydrogen-bond acceptors (Lipinski definition) is 5. The quantitative estimate of drug-likeness (QED) is 0.624. The van der Waals surface area contributed by atoms with Crippen LogP contribution in [0.15, 0.2) is 30.3 Å². The van der Waals surface area contributed by atoms with Gasteiger partial charge in [-0.05, 0) is 12.1 Å². The lowest BCUT2D eigenvalue weighted by Gasteiger charge is -2.16. The molecule has 0 N–H and O–H groups in total. The topological polar surface area (TPSA) is 57.7 Å². The third-order valence-corrected chi connectivity index (χ3v) is 2.82. The van der Waals surface area contributed by atoms with Gasteiger partial charge in [0.05, 0.1) is 12.6 Å². The molecular formula is C14H15NO4. The van der Waals surface area contributed by atoms with Crippen LogP contribution in [0.5, 0.6) is 0 Å². The Hall–Kier alpha value is -1.98. The molecule has 1 aromatic carbocycles. The van der Waals surface area contributed by atoms with Gasteiger partial charge >= 0.3 is 5.97 Å². The monoisotopic (exact) mass is 261 g/mol. The Morgan fingerprint density at radius 3 is 2.47 bits per heavy atom. The van der Waals surface area contributed by atoms with Crippen LogP contribution in [0.2, 0.25) is 0 Å². The van der Waals surface area contributed by atoms with Crippen LogP contribution in [0.3, 0.4) is 0 Å². The molecule has 19 heavy (non-hydrogen) atoms. The fraction of sp³-hybridized carbons (Fsp3) is 0.286. The fourth-order valence-electron chi connectivity index (χ4n) is 1.96. The largest absolute Gasteiger partial charge is 0.464 e. The summed E-state index contributed by atoms with van der Waals surface area (Å²) in [7, 11) is 4.41. The Morgan fingerprint density at radius 2 is 1.84 bits per heavy atom. The molecule has 100 valence electrons. The summed E-state index contributed by atoms with van der Waals surface area (Å²) in [6.45, 7) is 0. The van der Waals surface area contributed by atoms with E-state index in [9.17, 15) is 4.79 Å². The van der Waals surface area contributed by atoms with E-state index in [1.54, 1.807) is 20.3 Å². The van der Waals surface area contributed by atoms with Gasteiger partial charge in [-0.15, -0.1) is 0 Å². The zero-order valence-corrected chi connectivity index (χ0v) is 11.0. The summed E-state index contributed by atoms with van der Waals surface area (Å²) in [5.74, 6) is -0.488. The van der Waals surface area contributed by atoms with Gasteiger partial charge in [0.1, 0.15) is 5.69 Å². The van der Waals surface area contributed by atoms with Gasteiger partial charge in [0.15, 0.2) is 6.29 Å². The molecule has 1 heterocycles. The number of para-hydroxylation sites is 1. The number of rotatable bonds is 4. The highest BCUT2D eigenvalue weighted by atomic mass is 16.7. The van der Waals surface area contributed by atoms with E-state index < -0.39 is 12.3 Å². The molecule has 0 amide bonds. The first kappa shape index (κ1) is 13.5. The first-order chi connectivity index (χ1) is 9.21. The SMILES string of the molecule is COC(=O)c1cc(C(OC)OC)c2ccccc2n1. The van der Waals surface area contributed by atoms with Crippen LogP contribution in [0, 0.1) is 0 Å². The van der Waals surface area contributed by atoms with Crippen LogP contribution in [0.25, 0.3) is 10.9 Å². The van der Waals surface area contributed by atoms with Gasteiger partial charge in [-0.1, -0.05) is 18.2 Å². The average molecular weight is 261 g/mol. The molecule has 0 spiro atoms. The lowest BCUT2D eigenvalue weighted by atomic mass is 10.1. The van der Waals surface area contributed by atoms with Crippen LogP contribution in [-0.2, 0) is 14.2 Å². The maximum absolute atomic E-state index is 11.6. The van der Waals surface area contributed by atoms with Crippen LogP contribution in [0.1, 0.15) is 22.3 Å². The number of esters is 1. The number of fused-ring (bicyclic) bond motifs is 1. The lowest BCUT2D eigenvalue weighted by molar-refractivity contribution is -0.105. The molecule has 2 rings (SSSR count). The minimum Gasteiger partial charge on any atom is -0.464 e. The lowest BCUT2D eigenvalue weighted by Crippen LogP contribution is -2.10. The zero-order chi connectivity index (χ0) is 13.8. The number of benzene rings is 1. The first-order valence-electron chi connectivity index (χ1n) is 5.74. The number of hydrogen-bond donors (Lipinski definition) is 0. The van der Waals surface area contributed by atoms with Crippen molar-refractivity contribution < 1.29 is 19.0 Å². The zero-order valence-electron chi connectivity index (χ0n) is 11.0. The van der Waals surface area contributed by atoms with Crippen molar-refractivity contribution in [1.82, 2.24) is 4.98 Å². The summed E-state index contributed by atoms with van der Waals surface area (Å²) < 4.78 is 15.2. The molecule has 0 aliphatic carbocycles. The standard InChI is InChI=1S/C14H15NO4/c1-17-13(16)12-8-10(14(18-2)19-3)9-6-4-5-7-11(9)15-12/h4-8,14H,1-3H3. The molecule has 5 heteroatoms. The summed E-state index contributed by atoms with van der Waals surface area (Å²) in [4.78, 5) is 15.9. The molecule has 5 nitrogen and oxygen atoms in total. The van der Waals surface area contributed by atoms with Crippen molar-refractivity contribution in [1.29, 1.82) is 0 Å². The molecule has 0 saturated carbocycles. The van der Waals surface area contributed by atoms with Crippen molar-refractivity contribution >= 4 is 16.9 Å². The van der Waals surface area contributed by atoms with Gasteiger partial charge in [0.25, 0.3) is 0 Å². The van der Waals surface area contributed by atoms with Gasteiger partial charge in [0.2, 0.25) is 0 Å². The maximum Gasteiger partial charge on any atom is 0.356 e. The number of pyridine rings is 1. The number of nitrogens with zero attached hydrogens (tertiary/aromatic N) is 1. The van der Waals surface area contributed by atoms with E-state index in [1.165, 1.54) is 7.11 Å². The van der Waals surface area contributed by atoms with Crippen LogP contribution in [-0.4, -0.2) is 32.3 Å². The third kappa shape index (κ3) is 2.57. The van der Waals surface area contributed by atoms with Crippen molar-refractivity contribution in [2.45, 2.75) is 6.29 Å². The van der Waals surface area contributed by atoms with Crippen LogP contribution in [0.4, 0.5) is 0 Å². The predicted octanol–water partition coefficient (Wildman–Crippen LogP) is 2.31. The molecule has 0 aliphatic heterocycles. The fourth-order valence-corrected chi connectivity index (χ4v) is 1.96. The summed E-state index contributed by atoms with van der Waals surface area (Å²) in [5.41, 5.74) is 1.67. The molecule has 2 aromatic rings. The number of aromatic nitrogens is 1. The second-order valence-corrected chi connectivity index (χ2v) is 3.91. The number of carbonyl (C=O) groups excluding carboxylic acids is 1. The van der Waals surface area contributed by atoms with Crippen LogP contribution >= 0.6 is 0 Å². The highest BCUT2D eigenvalue weighted by molar-refractivity contribution is 5.92. The maximum atomic E-state index is 11.6. The van der Waals surface area contributed by atoms with Crippen molar-refractivity contribution in [2.24, 2.45) is 0 Å². The van der Waals surface area contributed by atoms with E-state index in [1.807, 2.05) is 24.3 Å². The van der Waals surface area contributed by atoms with Gasteiger partial charge in [-0.25, -0.2) is 9.78 Å². The smallest absolute Gasteiger partial charge is 0.356 e. The second kappa shape index (κ2) is 5.77. The van der Waals surface area contributed by atoms with Crippen molar-refractivity contribution in [3.8, 4) is 0 Å². The van der Waals surface area contributed by atoms with Gasteiger partial charge < -0.3 is 14.2 Å². The molecule has 0 atom stereocenters. The molecule has 1 aromatic heterocycles. The Morgan fingerprint density at radius 1 is 1.16 bits per heavy atom.